The van der Waals surface area contributed by atoms with Gasteiger partial charge in [0.05, 0.1) is 36.7 Å². The van der Waals surface area contributed by atoms with Crippen molar-refractivity contribution in [3.63, 3.8) is 0 Å². The molecule has 1 heterocycles. The quantitative estimate of drug-likeness (QED) is 0.713. The third kappa shape index (κ3) is 4.16. The van der Waals surface area contributed by atoms with Gasteiger partial charge in [-0.2, -0.15) is 0 Å². The van der Waals surface area contributed by atoms with E-state index in [4.69, 9.17) is 14.5 Å². The van der Waals surface area contributed by atoms with Gasteiger partial charge in [0.1, 0.15) is 5.82 Å². The number of nitrogens with one attached hydrogen (secondary N) is 1. The molecule has 2 aromatic rings. The van der Waals surface area contributed by atoms with Crippen LogP contribution in [0.1, 0.15) is 25.2 Å². The molecule has 23 heavy (non-hydrogen) atoms. The Bertz CT molecular complexity index is 684. The lowest BCUT2D eigenvalue weighted by molar-refractivity contribution is 0.182. The maximum atomic E-state index is 12.8. The Labute approximate surface area is 136 Å². The molecule has 1 aromatic heterocycles. The molecule has 0 bridgehead atoms. The second-order valence-electron chi connectivity index (χ2n) is 5.34. The van der Waals surface area contributed by atoms with E-state index in [1.54, 1.807) is 18.8 Å². The molecule has 0 spiro atoms. The zero-order valence-electron chi connectivity index (χ0n) is 14.0. The summed E-state index contributed by atoms with van der Waals surface area (Å²) in [5.41, 5.74) is 0.711. The number of nitrogens with zero attached hydrogens (tertiary/aromatic N) is 2. The second kappa shape index (κ2) is 8.76. The van der Waals surface area contributed by atoms with E-state index in [0.29, 0.717) is 31.7 Å². The average molecular weight is 319 g/mol. The fourth-order valence-corrected chi connectivity index (χ4v) is 2.60. The van der Waals surface area contributed by atoms with Gasteiger partial charge < -0.3 is 14.8 Å². The summed E-state index contributed by atoms with van der Waals surface area (Å²) in [7, 11) is 3.30. The molecule has 0 saturated heterocycles. The van der Waals surface area contributed by atoms with Crippen molar-refractivity contribution < 1.29 is 9.47 Å². The molecule has 126 valence electrons. The van der Waals surface area contributed by atoms with E-state index in [0.717, 1.165) is 17.8 Å². The van der Waals surface area contributed by atoms with Gasteiger partial charge in [0.15, 0.2) is 0 Å². The number of aromatic nitrogens is 2. The molecule has 0 saturated carbocycles. The van der Waals surface area contributed by atoms with Crippen molar-refractivity contribution in [1.82, 2.24) is 14.9 Å². The lowest BCUT2D eigenvalue weighted by Gasteiger charge is -2.21. The topological polar surface area (TPSA) is 65.4 Å². The number of ether oxygens (including phenoxy) is 2. The minimum atomic E-state index is -0.0189. The summed E-state index contributed by atoms with van der Waals surface area (Å²) in [5, 5.41) is 4.05. The SMILES string of the molecule is CCC(NCCOC)c1nc2ccccc2c(=O)n1CCOC. The van der Waals surface area contributed by atoms with E-state index in [1.807, 2.05) is 24.3 Å². The summed E-state index contributed by atoms with van der Waals surface area (Å²) < 4.78 is 12.0. The first-order valence-electron chi connectivity index (χ1n) is 7.93. The maximum Gasteiger partial charge on any atom is 0.261 e. The third-order valence-corrected chi connectivity index (χ3v) is 3.83. The molecular formula is C17H25N3O3. The normalized spacial score (nSPS) is 12.7. The van der Waals surface area contributed by atoms with Gasteiger partial charge in [0, 0.05) is 20.8 Å². The number of fused-ring (bicyclic) bond motifs is 1. The predicted molar refractivity (Wildman–Crippen MR) is 90.8 cm³/mol. The molecular weight excluding hydrogens is 294 g/mol. The van der Waals surface area contributed by atoms with Crippen LogP contribution in [0.4, 0.5) is 0 Å². The summed E-state index contributed by atoms with van der Waals surface area (Å²) in [6.07, 6.45) is 0.835. The van der Waals surface area contributed by atoms with E-state index >= 15 is 0 Å². The zero-order valence-corrected chi connectivity index (χ0v) is 14.0. The first kappa shape index (κ1) is 17.6. The molecule has 0 fully saturated rings. The Hall–Kier alpha value is -1.76. The van der Waals surface area contributed by atoms with Crippen LogP contribution in [0.15, 0.2) is 29.1 Å². The van der Waals surface area contributed by atoms with Crippen molar-refractivity contribution in [3.05, 3.63) is 40.4 Å². The number of hydrogen-bond donors (Lipinski definition) is 1. The number of hydrogen-bond acceptors (Lipinski definition) is 5. The van der Waals surface area contributed by atoms with Crippen molar-refractivity contribution in [2.45, 2.75) is 25.9 Å². The molecule has 1 N–H and O–H groups in total. The van der Waals surface area contributed by atoms with Gasteiger partial charge >= 0.3 is 0 Å². The third-order valence-electron chi connectivity index (χ3n) is 3.83. The van der Waals surface area contributed by atoms with E-state index in [-0.39, 0.29) is 11.6 Å². The number of para-hydroxylation sites is 1. The highest BCUT2D eigenvalue weighted by Gasteiger charge is 2.18. The first-order valence-corrected chi connectivity index (χ1v) is 7.93. The van der Waals surface area contributed by atoms with Crippen LogP contribution < -0.4 is 10.9 Å². The molecule has 0 aliphatic heterocycles. The number of rotatable bonds is 9. The summed E-state index contributed by atoms with van der Waals surface area (Å²) in [6, 6.07) is 7.45. The Kier molecular flexibility index (Phi) is 6.70. The highest BCUT2D eigenvalue weighted by molar-refractivity contribution is 5.77. The van der Waals surface area contributed by atoms with Crippen LogP contribution in [0.25, 0.3) is 10.9 Å². The highest BCUT2D eigenvalue weighted by Crippen LogP contribution is 2.16. The maximum absolute atomic E-state index is 12.8. The number of methoxy groups -OCH3 is 2. The minimum Gasteiger partial charge on any atom is -0.383 e. The van der Waals surface area contributed by atoms with Gasteiger partial charge in [-0.15, -0.1) is 0 Å². The molecule has 1 atom stereocenters. The first-order chi connectivity index (χ1) is 11.2. The van der Waals surface area contributed by atoms with Crippen LogP contribution in [0.2, 0.25) is 0 Å². The molecule has 0 aliphatic carbocycles. The van der Waals surface area contributed by atoms with Gasteiger partial charge in [-0.25, -0.2) is 4.98 Å². The molecule has 1 aromatic carbocycles. The Morgan fingerprint density at radius 1 is 1.22 bits per heavy atom. The Morgan fingerprint density at radius 2 is 1.96 bits per heavy atom. The van der Waals surface area contributed by atoms with E-state index < -0.39 is 0 Å². The lowest BCUT2D eigenvalue weighted by atomic mass is 10.1. The largest absolute Gasteiger partial charge is 0.383 e. The highest BCUT2D eigenvalue weighted by atomic mass is 16.5. The van der Waals surface area contributed by atoms with Crippen molar-refractivity contribution >= 4 is 10.9 Å². The van der Waals surface area contributed by atoms with E-state index in [1.165, 1.54) is 0 Å². The van der Waals surface area contributed by atoms with Gasteiger partial charge in [-0.1, -0.05) is 19.1 Å². The van der Waals surface area contributed by atoms with E-state index in [9.17, 15) is 4.79 Å². The lowest BCUT2D eigenvalue weighted by Crippen LogP contribution is -2.34. The van der Waals surface area contributed by atoms with Crippen LogP contribution in [-0.4, -0.2) is 43.5 Å². The summed E-state index contributed by atoms with van der Waals surface area (Å²) in [4.78, 5) is 17.6. The Balaban J connectivity index is 2.47. The van der Waals surface area contributed by atoms with Crippen LogP contribution >= 0.6 is 0 Å². The van der Waals surface area contributed by atoms with Gasteiger partial charge in [0.25, 0.3) is 5.56 Å². The fourth-order valence-electron chi connectivity index (χ4n) is 2.60. The van der Waals surface area contributed by atoms with Crippen LogP contribution in [-0.2, 0) is 16.0 Å². The van der Waals surface area contributed by atoms with Crippen molar-refractivity contribution in [2.24, 2.45) is 0 Å². The monoisotopic (exact) mass is 319 g/mol. The molecule has 6 heteroatoms. The fraction of sp³-hybridized carbons (Fsp3) is 0.529. The van der Waals surface area contributed by atoms with Crippen molar-refractivity contribution in [1.29, 1.82) is 0 Å². The predicted octanol–water partition coefficient (Wildman–Crippen LogP) is 1.73. The Morgan fingerprint density at radius 3 is 2.65 bits per heavy atom. The van der Waals surface area contributed by atoms with Gasteiger partial charge in [-0.05, 0) is 18.6 Å². The molecule has 0 radical (unpaired) electrons. The van der Waals surface area contributed by atoms with Crippen LogP contribution in [0.3, 0.4) is 0 Å². The zero-order chi connectivity index (χ0) is 16.7. The van der Waals surface area contributed by atoms with Crippen molar-refractivity contribution in [3.8, 4) is 0 Å². The minimum absolute atomic E-state index is 0.000637. The second-order valence-corrected chi connectivity index (χ2v) is 5.34. The standard InChI is InChI=1S/C17H25N3O3/c1-4-14(18-9-11-22-2)16-19-15-8-6-5-7-13(15)17(21)20(16)10-12-23-3/h5-8,14,18H,4,9-12H2,1-3H3. The van der Waals surface area contributed by atoms with Gasteiger partial charge in [0.2, 0.25) is 0 Å². The van der Waals surface area contributed by atoms with Crippen LogP contribution in [0.5, 0.6) is 0 Å². The summed E-state index contributed by atoms with van der Waals surface area (Å²) in [5.74, 6) is 0.754. The summed E-state index contributed by atoms with van der Waals surface area (Å²) >= 11 is 0. The average Bonchev–Trinajstić information content (AvgIpc) is 2.58. The van der Waals surface area contributed by atoms with Gasteiger partial charge in [-0.3, -0.25) is 9.36 Å². The molecule has 1 unspecified atom stereocenters. The molecule has 0 aliphatic rings. The van der Waals surface area contributed by atoms with Crippen molar-refractivity contribution in [2.75, 3.05) is 34.0 Å². The molecule has 0 amide bonds. The van der Waals surface area contributed by atoms with Crippen LogP contribution in [0, 0.1) is 0 Å². The smallest absolute Gasteiger partial charge is 0.261 e. The summed E-state index contributed by atoms with van der Waals surface area (Å²) in [6.45, 7) is 4.37. The van der Waals surface area contributed by atoms with E-state index in [2.05, 4.69) is 12.2 Å². The molecule has 2 rings (SSSR count). The number of benzene rings is 1. The molecule has 6 nitrogen and oxygen atoms in total.